The summed E-state index contributed by atoms with van der Waals surface area (Å²) in [5, 5.41) is 6.25. The molecule has 0 bridgehead atoms. The Morgan fingerprint density at radius 1 is 0.806 bits per heavy atom. The van der Waals surface area contributed by atoms with Gasteiger partial charge in [-0.1, -0.05) is 24.3 Å². The van der Waals surface area contributed by atoms with Crippen molar-refractivity contribution in [1.29, 1.82) is 0 Å². The number of amides is 2. The Bertz CT molecular complexity index is 1400. The quantitative estimate of drug-likeness (QED) is 0.410. The molecule has 2 amide bonds. The van der Waals surface area contributed by atoms with Gasteiger partial charge in [0, 0.05) is 5.56 Å². The predicted octanol–water partition coefficient (Wildman–Crippen LogP) is 3.47. The van der Waals surface area contributed by atoms with Gasteiger partial charge in [-0.15, -0.1) is 0 Å². The van der Waals surface area contributed by atoms with E-state index in [1.807, 2.05) is 24.3 Å². The van der Waals surface area contributed by atoms with Crippen molar-refractivity contribution in [2.24, 2.45) is 16.9 Å². The van der Waals surface area contributed by atoms with Crippen LogP contribution in [0, 0.1) is 11.8 Å². The van der Waals surface area contributed by atoms with E-state index in [2.05, 4.69) is 5.10 Å². The summed E-state index contributed by atoms with van der Waals surface area (Å²) in [5.41, 5.74) is 2.64. The highest BCUT2D eigenvalue weighted by molar-refractivity contribution is 6.24. The molecule has 36 heavy (non-hydrogen) atoms. The maximum Gasteiger partial charge on any atom is 0.240 e. The number of hydrogen-bond acceptors (Lipinski definition) is 7. The molecule has 0 N–H and O–H groups in total. The number of carbonyl (C=O) groups is 3. The molecule has 6 rings (SSSR count). The van der Waals surface area contributed by atoms with Crippen molar-refractivity contribution in [3.63, 3.8) is 0 Å². The summed E-state index contributed by atoms with van der Waals surface area (Å²) in [6, 6.07) is 19.7. The van der Waals surface area contributed by atoms with E-state index in [1.165, 1.54) is 4.90 Å². The van der Waals surface area contributed by atoms with E-state index >= 15 is 0 Å². The van der Waals surface area contributed by atoms with Crippen LogP contribution in [0.4, 0.5) is 5.69 Å². The highest BCUT2D eigenvalue weighted by atomic mass is 16.5. The topological polar surface area (TPSA) is 88.5 Å². The van der Waals surface area contributed by atoms with Crippen LogP contribution in [0.15, 0.2) is 77.9 Å². The van der Waals surface area contributed by atoms with Crippen molar-refractivity contribution in [3.05, 3.63) is 89.5 Å². The van der Waals surface area contributed by atoms with Crippen LogP contribution in [-0.4, -0.2) is 49.1 Å². The molecule has 180 valence electrons. The number of anilines is 1. The van der Waals surface area contributed by atoms with Crippen molar-refractivity contribution >= 4 is 29.5 Å². The van der Waals surface area contributed by atoms with Gasteiger partial charge < -0.3 is 9.47 Å². The molecular formula is C28H23N3O5. The number of methoxy groups -OCH3 is 2. The fraction of sp³-hybridized carbons (Fsp3) is 0.214. The summed E-state index contributed by atoms with van der Waals surface area (Å²) < 4.78 is 10.4. The zero-order valence-electron chi connectivity index (χ0n) is 19.7. The van der Waals surface area contributed by atoms with E-state index < -0.39 is 29.8 Å². The average molecular weight is 482 g/mol. The SMILES string of the molecule is COc1ccc(C(=O)[C@@H]2[C@@H]3C(=O)N(c4ccc(OC)cc4)C(=O)[C@@H]3C3c4ccccc4C=NN32)cc1. The van der Waals surface area contributed by atoms with Gasteiger partial charge in [0.2, 0.25) is 11.8 Å². The van der Waals surface area contributed by atoms with Gasteiger partial charge in [-0.2, -0.15) is 5.10 Å². The first-order chi connectivity index (χ1) is 17.5. The number of imide groups is 1. The molecule has 3 aliphatic heterocycles. The predicted molar refractivity (Wildman–Crippen MR) is 132 cm³/mol. The van der Waals surface area contributed by atoms with Crippen LogP contribution < -0.4 is 14.4 Å². The van der Waals surface area contributed by atoms with E-state index in [9.17, 15) is 14.4 Å². The lowest BCUT2D eigenvalue weighted by molar-refractivity contribution is -0.124. The average Bonchev–Trinajstić information content (AvgIpc) is 3.40. The molecule has 0 aromatic heterocycles. The third-order valence-corrected chi connectivity index (χ3v) is 7.27. The Morgan fingerprint density at radius 3 is 2.08 bits per heavy atom. The van der Waals surface area contributed by atoms with Crippen LogP contribution in [0.2, 0.25) is 0 Å². The maximum atomic E-state index is 13.9. The van der Waals surface area contributed by atoms with Gasteiger partial charge in [0.15, 0.2) is 5.78 Å². The Hall–Kier alpha value is -4.46. The Labute approximate surface area is 207 Å². The fourth-order valence-corrected chi connectivity index (χ4v) is 5.58. The third-order valence-electron chi connectivity index (χ3n) is 7.27. The number of ether oxygens (including phenoxy) is 2. The van der Waals surface area contributed by atoms with E-state index in [0.29, 0.717) is 22.7 Å². The monoisotopic (exact) mass is 481 g/mol. The summed E-state index contributed by atoms with van der Waals surface area (Å²) in [6.45, 7) is 0. The second kappa shape index (κ2) is 8.34. The highest BCUT2D eigenvalue weighted by Crippen LogP contribution is 2.53. The molecule has 8 heteroatoms. The molecule has 3 heterocycles. The number of carbonyl (C=O) groups excluding carboxylic acids is 3. The van der Waals surface area contributed by atoms with E-state index in [1.54, 1.807) is 74.0 Å². The molecule has 0 saturated carbocycles. The largest absolute Gasteiger partial charge is 0.497 e. The Kier molecular flexibility index (Phi) is 5.10. The summed E-state index contributed by atoms with van der Waals surface area (Å²) in [4.78, 5) is 42.8. The van der Waals surface area contributed by atoms with Crippen molar-refractivity contribution in [3.8, 4) is 11.5 Å². The van der Waals surface area contributed by atoms with Gasteiger partial charge in [-0.3, -0.25) is 19.4 Å². The van der Waals surface area contributed by atoms with Crippen LogP contribution >= 0.6 is 0 Å². The van der Waals surface area contributed by atoms with Crippen LogP contribution in [-0.2, 0) is 9.59 Å². The van der Waals surface area contributed by atoms with Crippen LogP contribution in [0.3, 0.4) is 0 Å². The fourth-order valence-electron chi connectivity index (χ4n) is 5.58. The molecule has 8 nitrogen and oxygen atoms in total. The lowest BCUT2D eigenvalue weighted by atomic mass is 9.83. The van der Waals surface area contributed by atoms with Crippen molar-refractivity contribution < 1.29 is 23.9 Å². The Balaban J connectivity index is 1.46. The first-order valence-electron chi connectivity index (χ1n) is 11.6. The normalized spacial score (nSPS) is 23.8. The standard InChI is InChI=1S/C28H23N3O5/c1-35-19-11-7-16(8-12-19)26(32)25-23-22(24-21-6-4-3-5-17(21)15-29-31(24)25)27(33)30(28(23)34)18-9-13-20(36-2)14-10-18/h3-15,22-25H,1-2H3/t22-,23+,24?,25-/m0/s1. The lowest BCUT2D eigenvalue weighted by Gasteiger charge is -2.33. The third kappa shape index (κ3) is 3.14. The molecule has 3 aromatic rings. The number of fused-ring (bicyclic) bond motifs is 5. The zero-order valence-corrected chi connectivity index (χ0v) is 19.7. The van der Waals surface area contributed by atoms with Gasteiger partial charge in [0.05, 0.1) is 44.0 Å². The molecule has 2 fully saturated rings. The number of hydrazone groups is 1. The molecule has 0 aliphatic carbocycles. The molecule has 0 radical (unpaired) electrons. The highest BCUT2D eigenvalue weighted by Gasteiger charge is 2.65. The summed E-state index contributed by atoms with van der Waals surface area (Å²) in [6.07, 6.45) is 1.69. The van der Waals surface area contributed by atoms with Gasteiger partial charge in [-0.05, 0) is 59.7 Å². The number of ketones is 1. The van der Waals surface area contributed by atoms with Crippen molar-refractivity contribution in [2.75, 3.05) is 19.1 Å². The second-order valence-corrected chi connectivity index (χ2v) is 9.00. The number of nitrogens with zero attached hydrogens (tertiary/aromatic N) is 3. The first kappa shape index (κ1) is 22.0. The molecule has 3 aliphatic rings. The van der Waals surface area contributed by atoms with Gasteiger partial charge >= 0.3 is 0 Å². The molecule has 0 spiro atoms. The minimum atomic E-state index is -0.919. The van der Waals surface area contributed by atoms with Crippen LogP contribution in [0.5, 0.6) is 11.5 Å². The van der Waals surface area contributed by atoms with E-state index in [-0.39, 0.29) is 11.7 Å². The summed E-state index contributed by atoms with van der Waals surface area (Å²) in [5.74, 6) is -1.37. The molecule has 4 atom stereocenters. The van der Waals surface area contributed by atoms with E-state index in [0.717, 1.165) is 11.1 Å². The Morgan fingerprint density at radius 2 is 1.42 bits per heavy atom. The number of rotatable bonds is 5. The molecule has 3 aromatic carbocycles. The number of hydrogen-bond donors (Lipinski definition) is 0. The van der Waals surface area contributed by atoms with Gasteiger partial charge in [0.25, 0.3) is 0 Å². The lowest BCUT2D eigenvalue weighted by Crippen LogP contribution is -2.44. The van der Waals surface area contributed by atoms with E-state index in [4.69, 9.17) is 9.47 Å². The smallest absolute Gasteiger partial charge is 0.240 e. The second-order valence-electron chi connectivity index (χ2n) is 9.00. The summed E-state index contributed by atoms with van der Waals surface area (Å²) >= 11 is 0. The van der Waals surface area contributed by atoms with Crippen molar-refractivity contribution in [2.45, 2.75) is 12.1 Å². The van der Waals surface area contributed by atoms with Gasteiger partial charge in [-0.25, -0.2) is 4.90 Å². The molecular weight excluding hydrogens is 458 g/mol. The maximum absolute atomic E-state index is 13.9. The zero-order chi connectivity index (χ0) is 25.0. The van der Waals surface area contributed by atoms with Crippen LogP contribution in [0.1, 0.15) is 27.5 Å². The van der Waals surface area contributed by atoms with Crippen LogP contribution in [0.25, 0.3) is 0 Å². The van der Waals surface area contributed by atoms with Crippen molar-refractivity contribution in [1.82, 2.24) is 5.01 Å². The molecule has 2 saturated heterocycles. The minimum Gasteiger partial charge on any atom is -0.497 e. The minimum absolute atomic E-state index is 0.260. The van der Waals surface area contributed by atoms with Gasteiger partial charge in [0.1, 0.15) is 17.5 Å². The first-order valence-corrected chi connectivity index (χ1v) is 11.6. The summed E-state index contributed by atoms with van der Waals surface area (Å²) in [7, 11) is 3.11. The molecule has 1 unspecified atom stereocenters. The number of benzene rings is 3. The number of Topliss-reactive ketones (excluding diaryl/α,β-unsaturated/α-hetero) is 1.